The molecule has 1 aliphatic carbocycles. The van der Waals surface area contributed by atoms with Gasteiger partial charge in [-0.05, 0) is 44.6 Å². The summed E-state index contributed by atoms with van der Waals surface area (Å²) in [5.74, 6) is 1.84. The van der Waals surface area contributed by atoms with E-state index >= 15 is 0 Å². The van der Waals surface area contributed by atoms with Gasteiger partial charge in [-0.3, -0.25) is 0 Å². The number of hydrogen-bond acceptors (Lipinski definition) is 2. The van der Waals surface area contributed by atoms with Gasteiger partial charge in [0.25, 0.3) is 0 Å². The minimum absolute atomic E-state index is 0.705. The molecule has 2 unspecified atom stereocenters. The Morgan fingerprint density at radius 3 is 2.79 bits per heavy atom. The van der Waals surface area contributed by atoms with Gasteiger partial charge in [-0.15, -0.1) is 0 Å². The molecule has 0 amide bonds. The SMILES string of the molecule is CNC(CCC1CC1)C1CCCOC1. The van der Waals surface area contributed by atoms with Crippen molar-refractivity contribution >= 4 is 0 Å². The average molecular weight is 197 g/mol. The third-order valence-electron chi connectivity index (χ3n) is 3.72. The van der Waals surface area contributed by atoms with E-state index in [-0.39, 0.29) is 0 Å². The number of nitrogens with one attached hydrogen (secondary N) is 1. The molecule has 0 aromatic carbocycles. The summed E-state index contributed by atoms with van der Waals surface area (Å²) < 4.78 is 5.55. The molecule has 2 fully saturated rings. The molecule has 1 aliphatic heterocycles. The van der Waals surface area contributed by atoms with Crippen LogP contribution < -0.4 is 5.32 Å². The first-order valence-electron chi connectivity index (χ1n) is 6.15. The molecule has 14 heavy (non-hydrogen) atoms. The molecule has 2 nitrogen and oxygen atoms in total. The second-order valence-electron chi connectivity index (χ2n) is 4.89. The van der Waals surface area contributed by atoms with E-state index in [1.165, 1.54) is 38.5 Å². The summed E-state index contributed by atoms with van der Waals surface area (Å²) in [6, 6.07) is 0.705. The summed E-state index contributed by atoms with van der Waals surface area (Å²) in [5.41, 5.74) is 0. The van der Waals surface area contributed by atoms with E-state index in [2.05, 4.69) is 12.4 Å². The van der Waals surface area contributed by atoms with Crippen molar-refractivity contribution < 1.29 is 4.74 Å². The summed E-state index contributed by atoms with van der Waals surface area (Å²) in [4.78, 5) is 0. The number of hydrogen-bond donors (Lipinski definition) is 1. The van der Waals surface area contributed by atoms with Crippen molar-refractivity contribution in [3.05, 3.63) is 0 Å². The largest absolute Gasteiger partial charge is 0.381 e. The fourth-order valence-electron chi connectivity index (χ4n) is 2.52. The molecule has 2 rings (SSSR count). The van der Waals surface area contributed by atoms with Gasteiger partial charge in [-0.2, -0.15) is 0 Å². The Bertz CT molecular complexity index is 162. The van der Waals surface area contributed by atoms with Crippen LogP contribution in [0.2, 0.25) is 0 Å². The molecule has 2 aliphatic rings. The average Bonchev–Trinajstić information content (AvgIpc) is 3.04. The fraction of sp³-hybridized carbons (Fsp3) is 1.00. The molecule has 0 aromatic heterocycles. The first-order valence-corrected chi connectivity index (χ1v) is 6.15. The van der Waals surface area contributed by atoms with Crippen LogP contribution in [0.3, 0.4) is 0 Å². The lowest BCUT2D eigenvalue weighted by Crippen LogP contribution is -2.38. The van der Waals surface area contributed by atoms with Crippen LogP contribution in [-0.2, 0) is 4.74 Å². The van der Waals surface area contributed by atoms with E-state index in [0.717, 1.165) is 25.0 Å². The molecular formula is C12H23NO. The van der Waals surface area contributed by atoms with Crippen LogP contribution in [0, 0.1) is 11.8 Å². The van der Waals surface area contributed by atoms with Crippen molar-refractivity contribution in [2.24, 2.45) is 11.8 Å². The molecule has 0 aromatic rings. The third-order valence-corrected chi connectivity index (χ3v) is 3.72. The van der Waals surface area contributed by atoms with Crippen LogP contribution in [0.25, 0.3) is 0 Å². The zero-order chi connectivity index (χ0) is 9.80. The van der Waals surface area contributed by atoms with Crippen LogP contribution in [0.5, 0.6) is 0 Å². The van der Waals surface area contributed by atoms with Crippen molar-refractivity contribution in [2.75, 3.05) is 20.3 Å². The van der Waals surface area contributed by atoms with Crippen LogP contribution in [0.15, 0.2) is 0 Å². The summed E-state index contributed by atoms with van der Waals surface area (Å²) in [6.07, 6.45) is 8.37. The highest BCUT2D eigenvalue weighted by molar-refractivity contribution is 4.81. The summed E-state index contributed by atoms with van der Waals surface area (Å²) in [5, 5.41) is 3.47. The predicted molar refractivity (Wildman–Crippen MR) is 58.3 cm³/mol. The van der Waals surface area contributed by atoms with Crippen LogP contribution in [-0.4, -0.2) is 26.3 Å². The monoisotopic (exact) mass is 197 g/mol. The Morgan fingerprint density at radius 2 is 2.21 bits per heavy atom. The zero-order valence-electron chi connectivity index (χ0n) is 9.30. The van der Waals surface area contributed by atoms with E-state index in [4.69, 9.17) is 4.74 Å². The molecule has 1 saturated heterocycles. The lowest BCUT2D eigenvalue weighted by molar-refractivity contribution is 0.0386. The molecule has 0 bridgehead atoms. The van der Waals surface area contributed by atoms with Gasteiger partial charge in [-0.1, -0.05) is 12.8 Å². The third kappa shape index (κ3) is 2.96. The second-order valence-corrected chi connectivity index (χ2v) is 4.89. The van der Waals surface area contributed by atoms with Gasteiger partial charge in [0.15, 0.2) is 0 Å². The molecule has 2 atom stereocenters. The highest BCUT2D eigenvalue weighted by Gasteiger charge is 2.26. The normalized spacial score (nSPS) is 30.2. The molecule has 0 radical (unpaired) electrons. The quantitative estimate of drug-likeness (QED) is 0.729. The molecule has 1 heterocycles. The Morgan fingerprint density at radius 1 is 1.36 bits per heavy atom. The molecular weight excluding hydrogens is 174 g/mol. The van der Waals surface area contributed by atoms with Crippen molar-refractivity contribution in [1.82, 2.24) is 5.32 Å². The predicted octanol–water partition coefficient (Wildman–Crippen LogP) is 2.19. The van der Waals surface area contributed by atoms with Crippen LogP contribution in [0.1, 0.15) is 38.5 Å². The van der Waals surface area contributed by atoms with Gasteiger partial charge in [0.05, 0.1) is 6.61 Å². The minimum Gasteiger partial charge on any atom is -0.381 e. The zero-order valence-corrected chi connectivity index (χ0v) is 9.30. The van der Waals surface area contributed by atoms with Crippen molar-refractivity contribution in [2.45, 2.75) is 44.6 Å². The Labute approximate surface area is 87.4 Å². The topological polar surface area (TPSA) is 21.3 Å². The van der Waals surface area contributed by atoms with E-state index in [9.17, 15) is 0 Å². The standard InChI is InChI=1S/C12H23NO/c1-13-12(7-6-10-4-5-10)11-3-2-8-14-9-11/h10-13H,2-9H2,1H3. The van der Waals surface area contributed by atoms with Gasteiger partial charge in [0.1, 0.15) is 0 Å². The van der Waals surface area contributed by atoms with Gasteiger partial charge >= 0.3 is 0 Å². The highest BCUT2D eigenvalue weighted by Crippen LogP contribution is 2.35. The van der Waals surface area contributed by atoms with Crippen molar-refractivity contribution in [1.29, 1.82) is 0 Å². The van der Waals surface area contributed by atoms with Gasteiger partial charge < -0.3 is 10.1 Å². The highest BCUT2D eigenvalue weighted by atomic mass is 16.5. The van der Waals surface area contributed by atoms with E-state index in [1.807, 2.05) is 0 Å². The maximum absolute atomic E-state index is 5.55. The summed E-state index contributed by atoms with van der Waals surface area (Å²) in [6.45, 7) is 1.96. The first kappa shape index (κ1) is 10.4. The number of ether oxygens (including phenoxy) is 1. The molecule has 2 heteroatoms. The first-order chi connectivity index (χ1) is 6.90. The van der Waals surface area contributed by atoms with E-state index in [0.29, 0.717) is 6.04 Å². The fourth-order valence-corrected chi connectivity index (χ4v) is 2.52. The molecule has 82 valence electrons. The molecule has 1 saturated carbocycles. The molecule has 1 N–H and O–H groups in total. The maximum Gasteiger partial charge on any atom is 0.0509 e. The van der Waals surface area contributed by atoms with Crippen molar-refractivity contribution in [3.8, 4) is 0 Å². The Balaban J connectivity index is 1.71. The van der Waals surface area contributed by atoms with E-state index < -0.39 is 0 Å². The lowest BCUT2D eigenvalue weighted by Gasteiger charge is -2.30. The maximum atomic E-state index is 5.55. The molecule has 0 spiro atoms. The Kier molecular flexibility index (Phi) is 3.82. The lowest BCUT2D eigenvalue weighted by atomic mass is 9.90. The smallest absolute Gasteiger partial charge is 0.0509 e. The summed E-state index contributed by atoms with van der Waals surface area (Å²) >= 11 is 0. The van der Waals surface area contributed by atoms with Crippen LogP contribution >= 0.6 is 0 Å². The van der Waals surface area contributed by atoms with Crippen molar-refractivity contribution in [3.63, 3.8) is 0 Å². The van der Waals surface area contributed by atoms with Gasteiger partial charge in [-0.25, -0.2) is 0 Å². The van der Waals surface area contributed by atoms with Gasteiger partial charge in [0, 0.05) is 12.6 Å². The van der Waals surface area contributed by atoms with Gasteiger partial charge in [0.2, 0.25) is 0 Å². The Hall–Kier alpha value is -0.0800. The number of rotatable bonds is 5. The van der Waals surface area contributed by atoms with Crippen LogP contribution in [0.4, 0.5) is 0 Å². The van der Waals surface area contributed by atoms with E-state index in [1.54, 1.807) is 0 Å². The minimum atomic E-state index is 0.705. The summed E-state index contributed by atoms with van der Waals surface area (Å²) in [7, 11) is 2.10. The second kappa shape index (κ2) is 5.13.